The van der Waals surface area contributed by atoms with Crippen molar-refractivity contribution in [3.05, 3.63) is 61.2 Å². The van der Waals surface area contributed by atoms with Crippen LogP contribution in [0.1, 0.15) is 0 Å². The minimum atomic E-state index is 0.758. The van der Waals surface area contributed by atoms with Gasteiger partial charge in [0.25, 0.3) is 0 Å². The summed E-state index contributed by atoms with van der Waals surface area (Å²) in [6.07, 6.45) is 7.20. The fourth-order valence-electron chi connectivity index (χ4n) is 1.92. The lowest BCUT2D eigenvalue weighted by Crippen LogP contribution is -1.93. The van der Waals surface area contributed by atoms with E-state index in [1.807, 2.05) is 53.5 Å². The highest BCUT2D eigenvalue weighted by atomic mass is 16.5. The van der Waals surface area contributed by atoms with Crippen LogP contribution in [0, 0.1) is 0 Å². The topological polar surface area (TPSA) is 39.9 Å². The van der Waals surface area contributed by atoms with Gasteiger partial charge < -0.3 is 4.74 Å². The van der Waals surface area contributed by atoms with E-state index >= 15 is 0 Å². The summed E-state index contributed by atoms with van der Waals surface area (Å²) in [6.45, 7) is 0. The van der Waals surface area contributed by atoms with Crippen molar-refractivity contribution in [1.82, 2.24) is 14.8 Å². The highest BCUT2D eigenvalue weighted by Gasteiger charge is 2.01. The Labute approximate surface area is 111 Å². The number of hydrogen-bond acceptors (Lipinski definition) is 3. The van der Waals surface area contributed by atoms with Gasteiger partial charge in [0, 0.05) is 24.2 Å². The van der Waals surface area contributed by atoms with Crippen LogP contribution in [0.2, 0.25) is 0 Å². The maximum absolute atomic E-state index is 5.18. The molecule has 2 heterocycles. The van der Waals surface area contributed by atoms with E-state index in [1.165, 1.54) is 0 Å². The van der Waals surface area contributed by atoms with Crippen molar-refractivity contribution in [2.45, 2.75) is 0 Å². The second-order valence-electron chi connectivity index (χ2n) is 4.11. The van der Waals surface area contributed by atoms with Gasteiger partial charge in [0.15, 0.2) is 0 Å². The van der Waals surface area contributed by atoms with Gasteiger partial charge in [-0.25, -0.2) is 4.68 Å². The molecule has 0 N–H and O–H groups in total. The van der Waals surface area contributed by atoms with Crippen molar-refractivity contribution in [1.29, 1.82) is 0 Å². The van der Waals surface area contributed by atoms with Gasteiger partial charge in [-0.3, -0.25) is 4.98 Å². The Kier molecular flexibility index (Phi) is 2.98. The molecule has 0 atom stereocenters. The van der Waals surface area contributed by atoms with Crippen LogP contribution in [0.3, 0.4) is 0 Å². The predicted octanol–water partition coefficient (Wildman–Crippen LogP) is 2.94. The van der Waals surface area contributed by atoms with E-state index in [0.717, 1.165) is 22.6 Å². The normalized spacial score (nSPS) is 10.4. The molecule has 0 saturated heterocycles. The molecule has 0 unspecified atom stereocenters. The third kappa shape index (κ3) is 2.33. The third-order valence-electron chi connectivity index (χ3n) is 2.92. The van der Waals surface area contributed by atoms with Crippen LogP contribution < -0.4 is 4.74 Å². The van der Waals surface area contributed by atoms with Gasteiger partial charge in [0.2, 0.25) is 0 Å². The SMILES string of the molecule is COc1cncc(-c2ccc(-n3cccn3)cc2)c1. The Morgan fingerprint density at radius 1 is 1.05 bits per heavy atom. The molecule has 0 fully saturated rings. The van der Waals surface area contributed by atoms with Crippen LogP contribution in [-0.2, 0) is 0 Å². The van der Waals surface area contributed by atoms with Crippen molar-refractivity contribution in [2.24, 2.45) is 0 Å². The minimum Gasteiger partial charge on any atom is -0.495 e. The number of methoxy groups -OCH3 is 1. The molecule has 0 aliphatic heterocycles. The summed E-state index contributed by atoms with van der Waals surface area (Å²) in [4.78, 5) is 4.16. The number of nitrogens with zero attached hydrogens (tertiary/aromatic N) is 3. The molecule has 4 nitrogen and oxygen atoms in total. The molecule has 0 amide bonds. The van der Waals surface area contributed by atoms with Crippen LogP contribution >= 0.6 is 0 Å². The quantitative estimate of drug-likeness (QED) is 0.718. The van der Waals surface area contributed by atoms with E-state index < -0.39 is 0 Å². The molecule has 19 heavy (non-hydrogen) atoms. The van der Waals surface area contributed by atoms with E-state index in [1.54, 1.807) is 19.5 Å². The van der Waals surface area contributed by atoms with Crippen LogP contribution in [0.4, 0.5) is 0 Å². The number of pyridine rings is 1. The Morgan fingerprint density at radius 3 is 2.58 bits per heavy atom. The molecule has 0 radical (unpaired) electrons. The zero-order valence-electron chi connectivity index (χ0n) is 10.5. The summed E-state index contributed by atoms with van der Waals surface area (Å²) in [7, 11) is 1.64. The monoisotopic (exact) mass is 251 g/mol. The van der Waals surface area contributed by atoms with E-state index in [2.05, 4.69) is 10.1 Å². The summed E-state index contributed by atoms with van der Waals surface area (Å²) in [5, 5.41) is 4.20. The molecule has 0 saturated carbocycles. The van der Waals surface area contributed by atoms with Crippen molar-refractivity contribution in [2.75, 3.05) is 7.11 Å². The molecule has 3 rings (SSSR count). The van der Waals surface area contributed by atoms with Crippen LogP contribution in [-0.4, -0.2) is 21.9 Å². The second-order valence-corrected chi connectivity index (χ2v) is 4.11. The molecule has 0 spiro atoms. The minimum absolute atomic E-state index is 0.758. The third-order valence-corrected chi connectivity index (χ3v) is 2.92. The van der Waals surface area contributed by atoms with E-state index in [4.69, 9.17) is 4.74 Å². The summed E-state index contributed by atoms with van der Waals surface area (Å²) >= 11 is 0. The van der Waals surface area contributed by atoms with Gasteiger partial charge in [-0.2, -0.15) is 5.10 Å². The highest BCUT2D eigenvalue weighted by molar-refractivity contribution is 5.65. The average Bonchev–Trinajstić information content (AvgIpc) is 3.02. The lowest BCUT2D eigenvalue weighted by atomic mass is 10.1. The number of rotatable bonds is 3. The number of aromatic nitrogens is 3. The second kappa shape index (κ2) is 4.94. The lowest BCUT2D eigenvalue weighted by Gasteiger charge is -2.06. The van der Waals surface area contributed by atoms with E-state index in [0.29, 0.717) is 0 Å². The largest absolute Gasteiger partial charge is 0.495 e. The summed E-state index contributed by atoms with van der Waals surface area (Å²) in [5.74, 6) is 0.758. The van der Waals surface area contributed by atoms with Crippen molar-refractivity contribution < 1.29 is 4.74 Å². The maximum atomic E-state index is 5.18. The Hall–Kier alpha value is -2.62. The van der Waals surface area contributed by atoms with Gasteiger partial charge in [0.05, 0.1) is 19.0 Å². The van der Waals surface area contributed by atoms with Crippen LogP contribution in [0.5, 0.6) is 5.75 Å². The molecular weight excluding hydrogens is 238 g/mol. The first-order valence-electron chi connectivity index (χ1n) is 5.96. The average molecular weight is 251 g/mol. The van der Waals surface area contributed by atoms with Gasteiger partial charge in [0.1, 0.15) is 5.75 Å². The van der Waals surface area contributed by atoms with Crippen LogP contribution in [0.25, 0.3) is 16.8 Å². The molecule has 0 bridgehead atoms. The summed E-state index contributed by atoms with van der Waals surface area (Å²) in [5.41, 5.74) is 3.17. The smallest absolute Gasteiger partial charge is 0.137 e. The first-order chi connectivity index (χ1) is 9.36. The molecule has 3 aromatic rings. The number of benzene rings is 1. The van der Waals surface area contributed by atoms with E-state index in [9.17, 15) is 0 Å². The van der Waals surface area contributed by atoms with Gasteiger partial charge in [-0.1, -0.05) is 12.1 Å². The zero-order chi connectivity index (χ0) is 13.1. The fraction of sp³-hybridized carbons (Fsp3) is 0.0667. The molecule has 0 aliphatic rings. The first-order valence-corrected chi connectivity index (χ1v) is 5.96. The molecular formula is C15H13N3O. The van der Waals surface area contributed by atoms with Gasteiger partial charge in [-0.05, 0) is 29.8 Å². The number of ether oxygens (including phenoxy) is 1. The molecule has 1 aromatic carbocycles. The first kappa shape index (κ1) is 11.5. The summed E-state index contributed by atoms with van der Waals surface area (Å²) < 4.78 is 7.01. The van der Waals surface area contributed by atoms with E-state index in [-0.39, 0.29) is 0 Å². The Bertz CT molecular complexity index is 660. The molecule has 2 aromatic heterocycles. The summed E-state index contributed by atoms with van der Waals surface area (Å²) in [6, 6.07) is 12.0. The molecule has 0 aliphatic carbocycles. The number of hydrogen-bond donors (Lipinski definition) is 0. The highest BCUT2D eigenvalue weighted by Crippen LogP contribution is 2.23. The standard InChI is InChI=1S/C15H13N3O/c1-19-15-9-13(10-16-11-15)12-3-5-14(6-4-12)18-8-2-7-17-18/h2-11H,1H3. The van der Waals surface area contributed by atoms with Crippen molar-refractivity contribution in [3.8, 4) is 22.6 Å². The molecule has 94 valence electrons. The van der Waals surface area contributed by atoms with Crippen LogP contribution in [0.15, 0.2) is 61.2 Å². The van der Waals surface area contributed by atoms with Gasteiger partial charge in [-0.15, -0.1) is 0 Å². The van der Waals surface area contributed by atoms with Crippen molar-refractivity contribution >= 4 is 0 Å². The van der Waals surface area contributed by atoms with Gasteiger partial charge >= 0.3 is 0 Å². The molecule has 4 heteroatoms. The predicted molar refractivity (Wildman–Crippen MR) is 73.3 cm³/mol. The Balaban J connectivity index is 1.94. The Morgan fingerprint density at radius 2 is 1.89 bits per heavy atom. The lowest BCUT2D eigenvalue weighted by molar-refractivity contribution is 0.413. The zero-order valence-corrected chi connectivity index (χ0v) is 10.5. The maximum Gasteiger partial charge on any atom is 0.137 e. The fourth-order valence-corrected chi connectivity index (χ4v) is 1.92. The van der Waals surface area contributed by atoms with Crippen molar-refractivity contribution in [3.63, 3.8) is 0 Å².